The summed E-state index contributed by atoms with van der Waals surface area (Å²) in [5.74, 6) is 1.49. The molecule has 0 radical (unpaired) electrons. The first-order valence-corrected chi connectivity index (χ1v) is 7.80. The second kappa shape index (κ2) is 6.47. The van der Waals surface area contributed by atoms with Crippen LogP contribution in [0.3, 0.4) is 0 Å². The molecule has 98 valence electrons. The molecule has 1 N–H and O–H groups in total. The van der Waals surface area contributed by atoms with Crippen LogP contribution in [0, 0.1) is 0 Å². The second-order valence-electron chi connectivity index (χ2n) is 4.61. The molecule has 0 saturated carbocycles. The largest absolute Gasteiger partial charge is 0.340 e. The molecule has 0 aromatic carbocycles. The van der Waals surface area contributed by atoms with E-state index in [4.69, 9.17) is 0 Å². The lowest BCUT2D eigenvalue weighted by molar-refractivity contribution is -0.132. The summed E-state index contributed by atoms with van der Waals surface area (Å²) in [6.07, 6.45) is 1.11. The van der Waals surface area contributed by atoms with E-state index in [1.165, 1.54) is 0 Å². The van der Waals surface area contributed by atoms with Gasteiger partial charge in [-0.15, -0.1) is 0 Å². The number of hydrogen-bond acceptors (Lipinski definition) is 4. The summed E-state index contributed by atoms with van der Waals surface area (Å²) in [6.45, 7) is 5.82. The molecular formula is C11H21N3O2S. The molecule has 2 aliphatic rings. The Hall–Kier alpha value is -0.460. The lowest BCUT2D eigenvalue weighted by Gasteiger charge is -2.29. The molecule has 2 heterocycles. The average Bonchev–Trinajstić information content (AvgIpc) is 2.58. The van der Waals surface area contributed by atoms with Crippen LogP contribution in [0.1, 0.15) is 6.42 Å². The van der Waals surface area contributed by atoms with E-state index < -0.39 is 10.8 Å². The van der Waals surface area contributed by atoms with Crippen molar-refractivity contribution in [1.29, 1.82) is 0 Å². The van der Waals surface area contributed by atoms with Crippen molar-refractivity contribution in [1.82, 2.24) is 15.1 Å². The SMILES string of the molecule is O=C(CN1CCCNCC1)N1CCS(=O)CC1. The highest BCUT2D eigenvalue weighted by atomic mass is 32.2. The van der Waals surface area contributed by atoms with E-state index in [-0.39, 0.29) is 5.91 Å². The summed E-state index contributed by atoms with van der Waals surface area (Å²) in [6, 6.07) is 0. The summed E-state index contributed by atoms with van der Waals surface area (Å²) in [5, 5.41) is 3.33. The van der Waals surface area contributed by atoms with Gasteiger partial charge >= 0.3 is 0 Å². The predicted molar refractivity (Wildman–Crippen MR) is 68.4 cm³/mol. The van der Waals surface area contributed by atoms with Crippen LogP contribution >= 0.6 is 0 Å². The fraction of sp³-hybridized carbons (Fsp3) is 0.909. The van der Waals surface area contributed by atoms with Gasteiger partial charge in [-0.25, -0.2) is 0 Å². The maximum atomic E-state index is 12.1. The van der Waals surface area contributed by atoms with Crippen LogP contribution in [0.2, 0.25) is 0 Å². The van der Waals surface area contributed by atoms with Crippen LogP contribution in [0.15, 0.2) is 0 Å². The zero-order chi connectivity index (χ0) is 12.1. The van der Waals surface area contributed by atoms with Gasteiger partial charge in [0.15, 0.2) is 0 Å². The van der Waals surface area contributed by atoms with Crippen LogP contribution in [0.4, 0.5) is 0 Å². The molecule has 0 atom stereocenters. The van der Waals surface area contributed by atoms with Gasteiger partial charge in [0.25, 0.3) is 0 Å². The van der Waals surface area contributed by atoms with Gasteiger partial charge in [0.2, 0.25) is 5.91 Å². The van der Waals surface area contributed by atoms with Gasteiger partial charge in [-0.1, -0.05) is 0 Å². The first-order valence-electron chi connectivity index (χ1n) is 6.31. The molecule has 2 aliphatic heterocycles. The molecule has 2 rings (SSSR count). The van der Waals surface area contributed by atoms with Crippen molar-refractivity contribution in [2.45, 2.75) is 6.42 Å². The molecule has 5 nitrogen and oxygen atoms in total. The molecule has 0 unspecified atom stereocenters. The summed E-state index contributed by atoms with van der Waals surface area (Å²) in [7, 11) is -0.704. The van der Waals surface area contributed by atoms with E-state index in [0.717, 1.165) is 32.6 Å². The third-order valence-electron chi connectivity index (χ3n) is 3.32. The number of nitrogens with zero attached hydrogens (tertiary/aromatic N) is 2. The highest BCUT2D eigenvalue weighted by Gasteiger charge is 2.22. The van der Waals surface area contributed by atoms with Crippen molar-refractivity contribution in [3.05, 3.63) is 0 Å². The van der Waals surface area contributed by atoms with Gasteiger partial charge in [-0.05, 0) is 19.5 Å². The Morgan fingerprint density at radius 3 is 2.65 bits per heavy atom. The smallest absolute Gasteiger partial charge is 0.236 e. The van der Waals surface area contributed by atoms with Crippen molar-refractivity contribution >= 4 is 16.7 Å². The Kier molecular flexibility index (Phi) is 4.94. The standard InChI is InChI=1S/C11H21N3O2S/c15-11(14-6-8-17(16)9-7-14)10-13-4-1-2-12-3-5-13/h12H,1-10H2. The van der Waals surface area contributed by atoms with Gasteiger partial charge < -0.3 is 10.2 Å². The summed E-state index contributed by atoms with van der Waals surface area (Å²) < 4.78 is 11.2. The number of amides is 1. The predicted octanol–water partition coefficient (Wildman–Crippen LogP) is -1.13. The van der Waals surface area contributed by atoms with Crippen molar-refractivity contribution in [3.8, 4) is 0 Å². The van der Waals surface area contributed by atoms with E-state index in [1.807, 2.05) is 4.90 Å². The maximum absolute atomic E-state index is 12.1. The fourth-order valence-electron chi connectivity index (χ4n) is 2.24. The van der Waals surface area contributed by atoms with Crippen LogP contribution in [0.5, 0.6) is 0 Å². The first-order chi connectivity index (χ1) is 8.25. The average molecular weight is 259 g/mol. The Morgan fingerprint density at radius 2 is 1.88 bits per heavy atom. The number of rotatable bonds is 2. The Morgan fingerprint density at radius 1 is 1.12 bits per heavy atom. The molecule has 6 heteroatoms. The Balaban J connectivity index is 1.77. The van der Waals surface area contributed by atoms with E-state index in [1.54, 1.807) is 0 Å². The molecular weight excluding hydrogens is 238 g/mol. The summed E-state index contributed by atoms with van der Waals surface area (Å²) in [5.41, 5.74) is 0. The third kappa shape index (κ3) is 4.04. The number of carbonyl (C=O) groups excluding carboxylic acids is 1. The van der Waals surface area contributed by atoms with Crippen molar-refractivity contribution < 1.29 is 9.00 Å². The van der Waals surface area contributed by atoms with E-state index in [9.17, 15) is 9.00 Å². The summed E-state index contributed by atoms with van der Waals surface area (Å²) in [4.78, 5) is 16.1. The molecule has 0 aromatic rings. The topological polar surface area (TPSA) is 52.7 Å². The van der Waals surface area contributed by atoms with Crippen molar-refractivity contribution in [2.24, 2.45) is 0 Å². The molecule has 0 aromatic heterocycles. The minimum absolute atomic E-state index is 0.198. The molecule has 0 bridgehead atoms. The Bertz CT molecular complexity index is 280. The number of hydrogen-bond donors (Lipinski definition) is 1. The van der Waals surface area contributed by atoms with Gasteiger partial charge in [-0.2, -0.15) is 0 Å². The molecule has 17 heavy (non-hydrogen) atoms. The quantitative estimate of drug-likeness (QED) is 0.682. The highest BCUT2D eigenvalue weighted by molar-refractivity contribution is 7.85. The zero-order valence-corrected chi connectivity index (χ0v) is 11.0. The minimum Gasteiger partial charge on any atom is -0.340 e. The van der Waals surface area contributed by atoms with Crippen molar-refractivity contribution in [3.63, 3.8) is 0 Å². The lowest BCUT2D eigenvalue weighted by Crippen LogP contribution is -2.46. The lowest BCUT2D eigenvalue weighted by atomic mass is 10.3. The van der Waals surface area contributed by atoms with E-state index >= 15 is 0 Å². The zero-order valence-electron chi connectivity index (χ0n) is 10.2. The van der Waals surface area contributed by atoms with E-state index in [2.05, 4.69) is 10.2 Å². The van der Waals surface area contributed by atoms with Crippen LogP contribution in [-0.4, -0.2) is 77.2 Å². The normalized spacial score (nSPS) is 24.6. The van der Waals surface area contributed by atoms with Crippen LogP contribution < -0.4 is 5.32 Å². The fourth-order valence-corrected chi connectivity index (χ4v) is 3.29. The van der Waals surface area contributed by atoms with Gasteiger partial charge in [0.1, 0.15) is 0 Å². The maximum Gasteiger partial charge on any atom is 0.236 e. The number of nitrogens with one attached hydrogen (secondary N) is 1. The second-order valence-corrected chi connectivity index (χ2v) is 6.30. The van der Waals surface area contributed by atoms with Gasteiger partial charge in [0.05, 0.1) is 6.54 Å². The first kappa shape index (κ1) is 13.0. The molecule has 2 fully saturated rings. The van der Waals surface area contributed by atoms with Crippen LogP contribution in [-0.2, 0) is 15.6 Å². The van der Waals surface area contributed by atoms with Crippen molar-refractivity contribution in [2.75, 3.05) is 57.3 Å². The van der Waals surface area contributed by atoms with Gasteiger partial charge in [0, 0.05) is 48.5 Å². The minimum atomic E-state index is -0.704. The number of carbonyl (C=O) groups is 1. The van der Waals surface area contributed by atoms with Crippen LogP contribution in [0.25, 0.3) is 0 Å². The molecule has 0 aliphatic carbocycles. The monoisotopic (exact) mass is 259 g/mol. The molecule has 2 saturated heterocycles. The molecule has 1 amide bonds. The molecule has 0 spiro atoms. The third-order valence-corrected chi connectivity index (χ3v) is 4.60. The summed E-state index contributed by atoms with van der Waals surface area (Å²) >= 11 is 0. The van der Waals surface area contributed by atoms with Gasteiger partial charge in [-0.3, -0.25) is 13.9 Å². The highest BCUT2D eigenvalue weighted by Crippen LogP contribution is 2.03. The van der Waals surface area contributed by atoms with E-state index in [0.29, 0.717) is 31.1 Å². The Labute approximate surface area is 105 Å².